The Morgan fingerprint density at radius 3 is 1.72 bits per heavy atom. The summed E-state index contributed by atoms with van der Waals surface area (Å²) in [6.07, 6.45) is -1.20. The Morgan fingerprint density at radius 2 is 1.11 bits per heavy atom. The summed E-state index contributed by atoms with van der Waals surface area (Å²) in [7, 11) is 1.84. The molecule has 5 rings (SSSR count). The highest BCUT2D eigenvalue weighted by atomic mass is 33.1. The normalized spacial score (nSPS) is 25.6. The number of nitrogens with one attached hydrogen (secondary N) is 11. The molecule has 29 heteroatoms. The molecule has 81 heavy (non-hydrogen) atoms. The van der Waals surface area contributed by atoms with Gasteiger partial charge in [0.15, 0.2) is 0 Å². The molecule has 1 aliphatic rings. The van der Waals surface area contributed by atoms with Gasteiger partial charge in [-0.3, -0.25) is 43.2 Å². The van der Waals surface area contributed by atoms with E-state index in [0.29, 0.717) is 27.7 Å². The lowest BCUT2D eigenvalue weighted by Crippen LogP contribution is -2.63. The van der Waals surface area contributed by atoms with Crippen molar-refractivity contribution in [3.8, 4) is 0 Å². The minimum absolute atomic E-state index is 0.0227. The molecule has 1 fully saturated rings. The van der Waals surface area contributed by atoms with E-state index in [-0.39, 0.29) is 43.1 Å². The zero-order valence-corrected chi connectivity index (χ0v) is 46.7. The monoisotopic (exact) mass is 1170 g/mol. The van der Waals surface area contributed by atoms with Crippen LogP contribution in [0.3, 0.4) is 0 Å². The average Bonchev–Trinajstić information content (AvgIpc) is 4.11. The van der Waals surface area contributed by atoms with Crippen molar-refractivity contribution in [2.75, 3.05) is 18.1 Å². The zero-order valence-electron chi connectivity index (χ0n) is 45.1. The summed E-state index contributed by atoms with van der Waals surface area (Å²) in [4.78, 5) is 148. The van der Waals surface area contributed by atoms with Crippen LogP contribution in [-0.4, -0.2) is 185 Å². The molecule has 0 bridgehead atoms. The van der Waals surface area contributed by atoms with Crippen LogP contribution in [0.1, 0.15) is 57.9 Å². The number of nitrogens with zero attached hydrogens (tertiary/aromatic N) is 1. The first-order valence-corrected chi connectivity index (χ1v) is 28.4. The van der Waals surface area contributed by atoms with Crippen LogP contribution in [0.5, 0.6) is 0 Å². The van der Waals surface area contributed by atoms with Crippen molar-refractivity contribution in [2.45, 2.75) is 133 Å². The molecule has 2 aromatic heterocycles. The Labute approximate surface area is 473 Å². The molecule has 4 aromatic rings. The molecule has 1 saturated heterocycles. The first-order valence-electron chi connectivity index (χ1n) is 25.9. The van der Waals surface area contributed by atoms with E-state index in [2.05, 4.69) is 62.8 Å². The van der Waals surface area contributed by atoms with Gasteiger partial charge in [0.25, 0.3) is 0 Å². The quantitative estimate of drug-likeness (QED) is 0.0625. The van der Waals surface area contributed by atoms with Gasteiger partial charge < -0.3 is 84.0 Å². The molecule has 0 saturated carbocycles. The third-order valence-corrected chi connectivity index (χ3v) is 15.2. The number of fused-ring (bicyclic) bond motifs is 1. The first kappa shape index (κ1) is 64.3. The third kappa shape index (κ3) is 19.6. The number of carboxylic acids is 1. The molecule has 2 aromatic carbocycles. The summed E-state index contributed by atoms with van der Waals surface area (Å²) in [6, 6.07) is 1.42. The fraction of sp³-hybridized carbons (Fsp3) is 0.481. The Hall–Kier alpha value is -7.57. The average molecular weight is 1170 g/mol. The Balaban J connectivity index is 1.51. The van der Waals surface area contributed by atoms with E-state index in [1.165, 1.54) is 19.4 Å². The van der Waals surface area contributed by atoms with Crippen molar-refractivity contribution in [1.29, 1.82) is 0 Å². The van der Waals surface area contributed by atoms with Gasteiger partial charge in [-0.2, -0.15) is 0 Å². The van der Waals surface area contributed by atoms with Crippen LogP contribution in [0.4, 0.5) is 0 Å². The van der Waals surface area contributed by atoms with Gasteiger partial charge in [-0.15, -0.1) is 0 Å². The van der Waals surface area contributed by atoms with Gasteiger partial charge >= 0.3 is 5.97 Å². The minimum atomic E-state index is -1.82. The third-order valence-electron chi connectivity index (χ3n) is 12.7. The molecule has 4 unspecified atom stereocenters. The number of carboxylic acid groups (broad SMARTS) is 1. The molecule has 12 atom stereocenters. The minimum Gasteiger partial charge on any atom is -0.480 e. The maximum atomic E-state index is 14.5. The molecule has 0 aliphatic carbocycles. The number of carbonyl (C=O) groups is 10. The number of aromatic amines is 2. The van der Waals surface area contributed by atoms with Crippen molar-refractivity contribution in [2.24, 2.45) is 11.7 Å². The van der Waals surface area contributed by atoms with Crippen molar-refractivity contribution in [3.05, 3.63) is 90.1 Å². The number of aliphatic carboxylic acids is 1. The molecule has 0 radical (unpaired) electrons. The second kappa shape index (κ2) is 30.9. The van der Waals surface area contributed by atoms with Crippen molar-refractivity contribution in [1.82, 2.24) is 62.8 Å². The SMILES string of the molecule is CC(C)CC1NC(=O)C([C@@H](C)O)NC(=O)[C@H](Cc2ccccc2)NC(=O)CNC(=O)[C@H](Cc2c[nH]c3ccccc23)NC(=O)C(Cc2cnc[nH]2)NC(=O)[C@H](C(C)O)NC(=O)[C@H]([C@@H](C)O)NC(=O)[C@@H](N)CSSC[C@@H](C(=O)O)NC1=O. The summed E-state index contributed by atoms with van der Waals surface area (Å²) in [6.45, 7) is 6.22. The second-order valence-electron chi connectivity index (χ2n) is 19.9. The van der Waals surface area contributed by atoms with Crippen molar-refractivity contribution >= 4 is 91.6 Å². The summed E-state index contributed by atoms with van der Waals surface area (Å²) in [5, 5.41) is 65.4. The zero-order chi connectivity index (χ0) is 59.5. The van der Waals surface area contributed by atoms with Gasteiger partial charge in [0.2, 0.25) is 53.2 Å². The van der Waals surface area contributed by atoms with E-state index in [1.807, 2.05) is 0 Å². The van der Waals surface area contributed by atoms with Crippen LogP contribution >= 0.6 is 21.6 Å². The maximum Gasteiger partial charge on any atom is 0.327 e. The van der Waals surface area contributed by atoms with Gasteiger partial charge in [-0.25, -0.2) is 9.78 Å². The highest BCUT2D eigenvalue weighted by molar-refractivity contribution is 8.76. The molecular formula is C52H71N13O14S2. The largest absolute Gasteiger partial charge is 0.480 e. The lowest BCUT2D eigenvalue weighted by Gasteiger charge is -2.28. The number of H-pyrrole nitrogens is 2. The predicted octanol–water partition coefficient (Wildman–Crippen LogP) is -3.09. The van der Waals surface area contributed by atoms with Gasteiger partial charge in [-0.1, -0.05) is 84.0 Å². The van der Waals surface area contributed by atoms with Gasteiger partial charge in [-0.05, 0) is 50.3 Å². The number of rotatable bonds is 12. The Bertz CT molecular complexity index is 2820. The number of amides is 9. The number of aliphatic hydroxyl groups excluding tert-OH is 3. The smallest absolute Gasteiger partial charge is 0.327 e. The number of hydrogen-bond donors (Lipinski definition) is 16. The van der Waals surface area contributed by atoms with E-state index in [4.69, 9.17) is 5.73 Å². The number of carbonyl (C=O) groups excluding carboxylic acids is 9. The molecule has 440 valence electrons. The van der Waals surface area contributed by atoms with Crippen LogP contribution < -0.4 is 53.6 Å². The summed E-state index contributed by atoms with van der Waals surface area (Å²) in [5.74, 6) is -11.1. The van der Waals surface area contributed by atoms with E-state index < -0.39 is 138 Å². The summed E-state index contributed by atoms with van der Waals surface area (Å²) < 4.78 is 0. The van der Waals surface area contributed by atoms with E-state index in [0.717, 1.165) is 35.4 Å². The Morgan fingerprint density at radius 1 is 0.593 bits per heavy atom. The molecule has 0 spiro atoms. The molecular weight excluding hydrogens is 1090 g/mol. The number of hydrogen-bond acceptors (Lipinski definition) is 17. The second-order valence-corrected chi connectivity index (χ2v) is 22.5. The van der Waals surface area contributed by atoms with Crippen LogP contribution in [0.15, 0.2) is 73.3 Å². The number of para-hydroxylation sites is 1. The maximum absolute atomic E-state index is 14.5. The molecule has 27 nitrogen and oxygen atoms in total. The van der Waals surface area contributed by atoms with Crippen LogP contribution in [-0.2, 0) is 67.2 Å². The number of imidazole rings is 1. The number of nitrogens with two attached hydrogens (primary N) is 1. The van der Waals surface area contributed by atoms with E-state index in [1.54, 1.807) is 74.6 Å². The van der Waals surface area contributed by atoms with Gasteiger partial charge in [0.05, 0.1) is 37.2 Å². The molecule has 3 heterocycles. The fourth-order valence-electron chi connectivity index (χ4n) is 8.38. The number of benzene rings is 2. The van der Waals surface area contributed by atoms with Crippen molar-refractivity contribution in [3.63, 3.8) is 0 Å². The molecule has 9 amide bonds. The number of aliphatic hydroxyl groups is 3. The first-order chi connectivity index (χ1) is 38.4. The highest BCUT2D eigenvalue weighted by Gasteiger charge is 2.38. The van der Waals surface area contributed by atoms with Crippen LogP contribution in [0, 0.1) is 5.92 Å². The standard InChI is InChI=1S/C52H71N13O14S2/c1-25(2)15-35-46(72)62-39(52(78)79)23-81-80-22-33(53)44(70)63-43(28(5)68)51(77)65-42(27(4)67)50(76)61-38(18-31-20-54-24-57-31)47(73)59-37(17-30-19-55-34-14-10-9-13-32(30)34)45(71)56-21-40(69)58-36(16-29-11-7-6-8-12-29)48(74)64-41(26(3)66)49(75)60-35/h6-14,19-20,24-28,33,35-39,41-43,55,66-68H,15-18,21-23,53H2,1-5H3,(H,54,57)(H,56,71)(H,58,69)(H,59,73)(H,60,75)(H,61,76)(H,62,72)(H,63,70)(H,64,74)(H,65,77)(H,78,79)/t26-,27?,28-,33+,35?,36+,37+,38?,39+,41?,42+,43+/m1/s1. The molecule has 1 aliphatic heterocycles. The predicted molar refractivity (Wildman–Crippen MR) is 298 cm³/mol. The summed E-state index contributed by atoms with van der Waals surface area (Å²) >= 11 is 0. The Kier molecular flexibility index (Phi) is 24.5. The van der Waals surface area contributed by atoms with Crippen molar-refractivity contribution < 1.29 is 68.4 Å². The number of aromatic nitrogens is 3. The topological polar surface area (TPSA) is 430 Å². The lowest BCUT2D eigenvalue weighted by atomic mass is 10.0. The van der Waals surface area contributed by atoms with Gasteiger partial charge in [0.1, 0.15) is 48.3 Å². The van der Waals surface area contributed by atoms with Crippen LogP contribution in [0.2, 0.25) is 0 Å². The lowest BCUT2D eigenvalue weighted by molar-refractivity contribution is -0.142. The fourth-order valence-corrected chi connectivity index (χ4v) is 10.7. The highest BCUT2D eigenvalue weighted by Crippen LogP contribution is 2.23. The molecule has 17 N–H and O–H groups in total. The van der Waals surface area contributed by atoms with E-state index in [9.17, 15) is 68.4 Å². The van der Waals surface area contributed by atoms with E-state index >= 15 is 0 Å². The van der Waals surface area contributed by atoms with Crippen LogP contribution in [0.25, 0.3) is 10.9 Å². The summed E-state index contributed by atoms with van der Waals surface area (Å²) in [5.41, 5.74) is 8.27. The van der Waals surface area contributed by atoms with Gasteiger partial charge in [0, 0.05) is 59.8 Å².